The second-order valence-corrected chi connectivity index (χ2v) is 17.2. The number of ether oxygens (including phenoxy) is 4. The minimum absolute atomic E-state index is 0.117. The predicted octanol–water partition coefficient (Wildman–Crippen LogP) is 12.1. The van der Waals surface area contributed by atoms with E-state index < -0.39 is 43.4 Å². The normalized spacial score (nSPS) is 20.3. The second kappa shape index (κ2) is 43.4. The molecular formula is C52H94O9. The summed E-state index contributed by atoms with van der Waals surface area (Å²) in [6, 6.07) is 0. The van der Waals surface area contributed by atoms with Crippen molar-refractivity contribution in [2.75, 3.05) is 26.4 Å². The van der Waals surface area contributed by atoms with Crippen molar-refractivity contribution in [2.45, 2.75) is 250 Å². The highest BCUT2D eigenvalue weighted by Crippen LogP contribution is 2.23. The van der Waals surface area contributed by atoms with Crippen LogP contribution in [0, 0.1) is 0 Å². The summed E-state index contributed by atoms with van der Waals surface area (Å²) in [6.45, 7) is 4.45. The molecule has 0 aromatic rings. The number of allylic oxidation sites excluding steroid dienone is 8. The van der Waals surface area contributed by atoms with Crippen molar-refractivity contribution < 1.29 is 44.2 Å². The summed E-state index contributed by atoms with van der Waals surface area (Å²) < 4.78 is 22.9. The van der Waals surface area contributed by atoms with Gasteiger partial charge >= 0.3 is 5.97 Å². The third kappa shape index (κ3) is 34.3. The molecular weight excluding hydrogens is 769 g/mol. The number of hydrogen-bond donors (Lipinski definition) is 4. The molecule has 356 valence electrons. The molecule has 6 atom stereocenters. The van der Waals surface area contributed by atoms with E-state index in [2.05, 4.69) is 62.5 Å². The van der Waals surface area contributed by atoms with E-state index in [0.29, 0.717) is 13.0 Å². The Kier molecular flexibility index (Phi) is 40.7. The van der Waals surface area contributed by atoms with Crippen LogP contribution in [-0.4, -0.2) is 89.6 Å². The van der Waals surface area contributed by atoms with Gasteiger partial charge in [0.25, 0.3) is 0 Å². The number of rotatable bonds is 43. The van der Waals surface area contributed by atoms with Gasteiger partial charge in [0.1, 0.15) is 30.5 Å². The highest BCUT2D eigenvalue weighted by atomic mass is 16.7. The van der Waals surface area contributed by atoms with E-state index in [9.17, 15) is 25.2 Å². The van der Waals surface area contributed by atoms with Crippen molar-refractivity contribution in [1.82, 2.24) is 0 Å². The van der Waals surface area contributed by atoms with Crippen LogP contribution in [-0.2, 0) is 23.7 Å². The maximum absolute atomic E-state index is 12.8. The van der Waals surface area contributed by atoms with Crippen LogP contribution >= 0.6 is 0 Å². The minimum Gasteiger partial charge on any atom is -0.457 e. The molecule has 61 heavy (non-hydrogen) atoms. The van der Waals surface area contributed by atoms with Crippen LogP contribution in [0.25, 0.3) is 0 Å². The lowest BCUT2D eigenvalue weighted by molar-refractivity contribution is -0.305. The summed E-state index contributed by atoms with van der Waals surface area (Å²) in [4.78, 5) is 12.8. The Hall–Kier alpha value is -1.85. The molecule has 0 spiro atoms. The van der Waals surface area contributed by atoms with E-state index in [4.69, 9.17) is 18.9 Å². The van der Waals surface area contributed by atoms with Crippen molar-refractivity contribution in [3.63, 3.8) is 0 Å². The SMILES string of the molecule is CC/C=C\C/C=C\C/C=C\C/C=C\CCCCCCCCCOCC(COC1OC(CO)C(O)C(O)C1O)OC(=O)CCCCCCCCCCCCCCCCCCCC. The zero-order valence-electron chi connectivity index (χ0n) is 39.2. The summed E-state index contributed by atoms with van der Waals surface area (Å²) in [5, 5.41) is 40.2. The van der Waals surface area contributed by atoms with Gasteiger partial charge in [0.15, 0.2) is 6.29 Å². The van der Waals surface area contributed by atoms with E-state index in [-0.39, 0.29) is 19.2 Å². The van der Waals surface area contributed by atoms with Crippen molar-refractivity contribution in [2.24, 2.45) is 0 Å². The molecule has 6 unspecified atom stereocenters. The van der Waals surface area contributed by atoms with Crippen molar-refractivity contribution in [1.29, 1.82) is 0 Å². The number of esters is 1. The molecule has 0 aromatic heterocycles. The van der Waals surface area contributed by atoms with Crippen molar-refractivity contribution in [3.8, 4) is 0 Å². The number of hydrogen-bond acceptors (Lipinski definition) is 9. The fourth-order valence-electron chi connectivity index (χ4n) is 7.60. The Morgan fingerprint density at radius 2 is 1.00 bits per heavy atom. The van der Waals surface area contributed by atoms with Crippen LogP contribution in [0.2, 0.25) is 0 Å². The molecule has 0 radical (unpaired) electrons. The molecule has 4 N–H and O–H groups in total. The molecule has 1 fully saturated rings. The van der Waals surface area contributed by atoms with Gasteiger partial charge in [-0.25, -0.2) is 0 Å². The summed E-state index contributed by atoms with van der Waals surface area (Å²) in [6.07, 6.45) is 47.1. The average Bonchev–Trinajstić information content (AvgIpc) is 3.26. The molecule has 9 nitrogen and oxygen atoms in total. The van der Waals surface area contributed by atoms with Gasteiger partial charge in [0, 0.05) is 13.0 Å². The van der Waals surface area contributed by atoms with E-state index >= 15 is 0 Å². The standard InChI is InChI=1S/C52H94O9/c1-3-5-7-9-11-13-15-17-19-21-23-24-26-28-30-32-34-36-38-40-42-58-44-46(45-59-52-51(57)50(56)49(55)47(43-53)61-52)60-48(54)41-39-37-35-33-31-29-27-25-22-20-18-16-14-12-10-8-6-4-2/h5,7,11,13,17,19,23-24,46-47,49-53,55-57H,3-4,6,8-10,12,14-16,18,20-22,25-45H2,1-2H3/b7-5-,13-11-,19-17-,24-23-. The fraction of sp³-hybridized carbons (Fsp3) is 0.827. The van der Waals surface area contributed by atoms with Gasteiger partial charge in [0.2, 0.25) is 0 Å². The van der Waals surface area contributed by atoms with Gasteiger partial charge in [-0.3, -0.25) is 4.79 Å². The maximum atomic E-state index is 12.8. The molecule has 1 aliphatic heterocycles. The molecule has 1 heterocycles. The zero-order chi connectivity index (χ0) is 44.3. The zero-order valence-corrected chi connectivity index (χ0v) is 39.2. The molecule has 0 amide bonds. The number of aliphatic hydroxyl groups is 4. The van der Waals surface area contributed by atoms with Crippen LogP contribution in [0.3, 0.4) is 0 Å². The number of carbonyl (C=O) groups excluding carboxylic acids is 1. The molecule has 9 heteroatoms. The summed E-state index contributed by atoms with van der Waals surface area (Å²) >= 11 is 0. The quantitative estimate of drug-likeness (QED) is 0.0268. The van der Waals surface area contributed by atoms with E-state index in [1.165, 1.54) is 122 Å². The van der Waals surface area contributed by atoms with Gasteiger partial charge in [-0.1, -0.05) is 204 Å². The molecule has 1 aliphatic rings. The predicted molar refractivity (Wildman–Crippen MR) is 251 cm³/mol. The van der Waals surface area contributed by atoms with E-state index in [1.807, 2.05) is 0 Å². The molecule has 0 saturated carbocycles. The van der Waals surface area contributed by atoms with Crippen molar-refractivity contribution in [3.05, 3.63) is 48.6 Å². The molecule has 0 aromatic carbocycles. The summed E-state index contributed by atoms with van der Waals surface area (Å²) in [7, 11) is 0. The van der Waals surface area contributed by atoms with Crippen molar-refractivity contribution >= 4 is 5.97 Å². The first-order valence-electron chi connectivity index (χ1n) is 25.2. The Morgan fingerprint density at radius 3 is 1.51 bits per heavy atom. The van der Waals surface area contributed by atoms with Crippen LogP contribution < -0.4 is 0 Å². The Morgan fingerprint density at radius 1 is 0.541 bits per heavy atom. The van der Waals surface area contributed by atoms with E-state index in [1.54, 1.807) is 0 Å². The summed E-state index contributed by atoms with van der Waals surface area (Å²) in [5.74, 6) is -0.315. The second-order valence-electron chi connectivity index (χ2n) is 17.2. The molecule has 1 rings (SSSR count). The summed E-state index contributed by atoms with van der Waals surface area (Å²) in [5.41, 5.74) is 0. The van der Waals surface area contributed by atoms with Crippen LogP contribution in [0.1, 0.15) is 213 Å². The van der Waals surface area contributed by atoms with Crippen LogP contribution in [0.15, 0.2) is 48.6 Å². The number of unbranched alkanes of at least 4 members (excludes halogenated alkanes) is 24. The third-order valence-electron chi connectivity index (χ3n) is 11.5. The lowest BCUT2D eigenvalue weighted by Gasteiger charge is -2.39. The first kappa shape index (κ1) is 57.2. The molecule has 0 aliphatic carbocycles. The van der Waals surface area contributed by atoms with Gasteiger partial charge in [-0.05, 0) is 51.4 Å². The Balaban J connectivity index is 2.22. The van der Waals surface area contributed by atoms with E-state index in [0.717, 1.165) is 70.6 Å². The smallest absolute Gasteiger partial charge is 0.306 e. The average molecular weight is 863 g/mol. The largest absolute Gasteiger partial charge is 0.457 e. The van der Waals surface area contributed by atoms with Crippen LogP contribution in [0.5, 0.6) is 0 Å². The fourth-order valence-corrected chi connectivity index (χ4v) is 7.60. The van der Waals surface area contributed by atoms with Gasteiger partial charge < -0.3 is 39.4 Å². The lowest BCUT2D eigenvalue weighted by Crippen LogP contribution is -2.59. The first-order chi connectivity index (χ1) is 29.9. The Labute approximate surface area is 373 Å². The van der Waals surface area contributed by atoms with Gasteiger partial charge in [-0.2, -0.15) is 0 Å². The number of aliphatic hydroxyl groups excluding tert-OH is 4. The first-order valence-corrected chi connectivity index (χ1v) is 25.2. The maximum Gasteiger partial charge on any atom is 0.306 e. The Bertz CT molecular complexity index is 1070. The highest BCUT2D eigenvalue weighted by molar-refractivity contribution is 5.69. The minimum atomic E-state index is -1.54. The third-order valence-corrected chi connectivity index (χ3v) is 11.5. The highest BCUT2D eigenvalue weighted by Gasteiger charge is 2.44. The molecule has 0 bridgehead atoms. The number of carbonyl (C=O) groups is 1. The van der Waals surface area contributed by atoms with Gasteiger partial charge in [0.05, 0.1) is 19.8 Å². The molecule has 1 saturated heterocycles. The lowest BCUT2D eigenvalue weighted by atomic mass is 9.99. The monoisotopic (exact) mass is 863 g/mol. The topological polar surface area (TPSA) is 135 Å². The van der Waals surface area contributed by atoms with Crippen LogP contribution in [0.4, 0.5) is 0 Å². The van der Waals surface area contributed by atoms with Gasteiger partial charge in [-0.15, -0.1) is 0 Å².